The third-order valence-electron chi connectivity index (χ3n) is 3.18. The summed E-state index contributed by atoms with van der Waals surface area (Å²) in [7, 11) is 0. The number of alkyl halides is 3. The first kappa shape index (κ1) is 15.2. The highest BCUT2D eigenvalue weighted by molar-refractivity contribution is 7.14. The molecule has 0 aliphatic carbocycles. The van der Waals surface area contributed by atoms with Crippen LogP contribution in [0.25, 0.3) is 0 Å². The Morgan fingerprint density at radius 3 is 2.45 bits per heavy atom. The van der Waals surface area contributed by atoms with Crippen molar-refractivity contribution in [2.75, 3.05) is 13.2 Å². The maximum atomic E-state index is 13.0. The molecule has 1 aliphatic heterocycles. The molecule has 0 bridgehead atoms. The van der Waals surface area contributed by atoms with Gasteiger partial charge in [0.2, 0.25) is 5.78 Å². The minimum absolute atomic E-state index is 0.228. The minimum atomic E-state index is -4.57. The highest BCUT2D eigenvalue weighted by Gasteiger charge is 2.35. The molecule has 1 aromatic heterocycles. The lowest BCUT2D eigenvalue weighted by atomic mass is 10.0. The summed E-state index contributed by atoms with van der Waals surface area (Å²) in [6.45, 7) is 0.922. The number of ketones is 1. The molecule has 0 radical (unpaired) electrons. The topological polar surface area (TPSA) is 35.5 Å². The van der Waals surface area contributed by atoms with Crippen LogP contribution >= 0.6 is 11.3 Å². The van der Waals surface area contributed by atoms with Crippen LogP contribution in [0, 0.1) is 0 Å². The van der Waals surface area contributed by atoms with Crippen molar-refractivity contribution < 1.29 is 27.4 Å². The van der Waals surface area contributed by atoms with Crippen molar-refractivity contribution in [2.45, 2.75) is 12.5 Å². The first-order chi connectivity index (χ1) is 10.5. The summed E-state index contributed by atoms with van der Waals surface area (Å²) in [4.78, 5) is 13.3. The Labute approximate surface area is 128 Å². The molecule has 0 N–H and O–H groups in total. The lowest BCUT2D eigenvalue weighted by Crippen LogP contribution is -2.12. The molecule has 1 saturated heterocycles. The Kier molecular flexibility index (Phi) is 4.03. The van der Waals surface area contributed by atoms with E-state index in [9.17, 15) is 18.0 Å². The molecule has 0 saturated carbocycles. The number of rotatable bonds is 3. The van der Waals surface area contributed by atoms with Crippen molar-refractivity contribution in [1.29, 1.82) is 0 Å². The molecule has 0 atom stereocenters. The number of halogens is 3. The lowest BCUT2D eigenvalue weighted by molar-refractivity contribution is -0.137. The first-order valence-corrected chi connectivity index (χ1v) is 7.32. The van der Waals surface area contributed by atoms with Crippen molar-refractivity contribution in [1.82, 2.24) is 0 Å². The van der Waals surface area contributed by atoms with Crippen molar-refractivity contribution in [3.63, 3.8) is 0 Å². The molecule has 7 heteroatoms. The smallest absolute Gasteiger partial charge is 0.345 e. The molecule has 0 spiro atoms. The molecule has 2 heterocycles. The van der Waals surface area contributed by atoms with Gasteiger partial charge in [-0.1, -0.05) is 18.2 Å². The second-order valence-corrected chi connectivity index (χ2v) is 5.76. The summed E-state index contributed by atoms with van der Waals surface area (Å²) in [5.41, 5.74) is -1.28. The van der Waals surface area contributed by atoms with Gasteiger partial charge in [-0.05, 0) is 18.2 Å². The van der Waals surface area contributed by atoms with Crippen LogP contribution in [-0.2, 0) is 15.7 Å². The van der Waals surface area contributed by atoms with Gasteiger partial charge >= 0.3 is 6.18 Å². The van der Waals surface area contributed by atoms with Crippen LogP contribution < -0.4 is 0 Å². The monoisotopic (exact) mass is 328 g/mol. The number of carbonyl (C=O) groups excluding carboxylic acids is 1. The van der Waals surface area contributed by atoms with Crippen LogP contribution in [0.15, 0.2) is 36.4 Å². The van der Waals surface area contributed by atoms with E-state index in [0.29, 0.717) is 18.1 Å². The third-order valence-corrected chi connectivity index (χ3v) is 4.29. The van der Waals surface area contributed by atoms with Gasteiger partial charge in [-0.15, -0.1) is 11.3 Å². The molecule has 1 fully saturated rings. The molecule has 1 aliphatic rings. The molecule has 3 rings (SSSR count). The quantitative estimate of drug-likeness (QED) is 0.798. The van der Waals surface area contributed by atoms with Crippen LogP contribution in [-0.4, -0.2) is 19.0 Å². The number of thiophene rings is 1. The van der Waals surface area contributed by atoms with Crippen molar-refractivity contribution in [3.8, 4) is 0 Å². The maximum Gasteiger partial charge on any atom is 0.417 e. The predicted octanol–water partition coefficient (Wildman–Crippen LogP) is 4.04. The van der Waals surface area contributed by atoms with Gasteiger partial charge in [0.15, 0.2) is 6.29 Å². The molecule has 3 nitrogen and oxygen atoms in total. The zero-order valence-corrected chi connectivity index (χ0v) is 12.0. The molecule has 1 aromatic carbocycles. The molecule has 22 heavy (non-hydrogen) atoms. The van der Waals surface area contributed by atoms with E-state index in [1.165, 1.54) is 24.3 Å². The number of hydrogen-bond donors (Lipinski definition) is 0. The van der Waals surface area contributed by atoms with E-state index < -0.39 is 23.8 Å². The average Bonchev–Trinajstić information content (AvgIpc) is 3.16. The summed E-state index contributed by atoms with van der Waals surface area (Å²) >= 11 is 1.09. The van der Waals surface area contributed by atoms with E-state index >= 15 is 0 Å². The SMILES string of the molecule is O=C(c1ccc(C2OCCO2)s1)c1ccccc1C(F)(F)F. The highest BCUT2D eigenvalue weighted by Crippen LogP contribution is 2.35. The lowest BCUT2D eigenvalue weighted by Gasteiger charge is -2.11. The van der Waals surface area contributed by atoms with Gasteiger partial charge in [0.1, 0.15) is 0 Å². The van der Waals surface area contributed by atoms with E-state index in [2.05, 4.69) is 0 Å². The van der Waals surface area contributed by atoms with Crippen molar-refractivity contribution in [2.24, 2.45) is 0 Å². The fourth-order valence-electron chi connectivity index (χ4n) is 2.19. The summed E-state index contributed by atoms with van der Waals surface area (Å²) in [5, 5.41) is 0. The standard InChI is InChI=1S/C15H11F3O3S/c16-15(17,18)10-4-2-1-3-9(10)13(19)11-5-6-12(22-11)14-20-7-8-21-14/h1-6,14H,7-8H2. The summed E-state index contributed by atoms with van der Waals surface area (Å²) in [5.74, 6) is -0.651. The second kappa shape index (κ2) is 5.83. The average molecular weight is 328 g/mol. The minimum Gasteiger partial charge on any atom is -0.345 e. The molecular weight excluding hydrogens is 317 g/mol. The number of benzene rings is 1. The number of ether oxygens (including phenoxy) is 2. The van der Waals surface area contributed by atoms with Crippen LogP contribution in [0.3, 0.4) is 0 Å². The van der Waals surface area contributed by atoms with Gasteiger partial charge in [0.25, 0.3) is 0 Å². The van der Waals surface area contributed by atoms with Gasteiger partial charge in [-0.25, -0.2) is 0 Å². The largest absolute Gasteiger partial charge is 0.417 e. The molecule has 116 valence electrons. The first-order valence-electron chi connectivity index (χ1n) is 6.50. The maximum absolute atomic E-state index is 13.0. The summed E-state index contributed by atoms with van der Waals surface area (Å²) in [6.07, 6.45) is -5.10. The van der Waals surface area contributed by atoms with Gasteiger partial charge in [0, 0.05) is 5.56 Å². The van der Waals surface area contributed by atoms with Crippen LogP contribution in [0.1, 0.15) is 32.0 Å². The molecular formula is C15H11F3O3S. The Morgan fingerprint density at radius 1 is 1.09 bits per heavy atom. The van der Waals surface area contributed by atoms with Crippen LogP contribution in [0.2, 0.25) is 0 Å². The van der Waals surface area contributed by atoms with Crippen molar-refractivity contribution >= 4 is 17.1 Å². The zero-order valence-electron chi connectivity index (χ0n) is 11.2. The predicted molar refractivity (Wildman–Crippen MR) is 73.8 cm³/mol. The fraction of sp³-hybridized carbons (Fsp3) is 0.267. The van der Waals surface area contributed by atoms with Crippen LogP contribution in [0.5, 0.6) is 0 Å². The van der Waals surface area contributed by atoms with E-state index in [4.69, 9.17) is 9.47 Å². The highest BCUT2D eigenvalue weighted by atomic mass is 32.1. The Hall–Kier alpha value is -1.70. The number of hydrogen-bond acceptors (Lipinski definition) is 4. The van der Waals surface area contributed by atoms with E-state index in [-0.39, 0.29) is 10.4 Å². The summed E-state index contributed by atoms with van der Waals surface area (Å²) < 4.78 is 49.6. The van der Waals surface area contributed by atoms with Gasteiger partial charge in [-0.3, -0.25) is 4.79 Å². The van der Waals surface area contributed by atoms with Crippen molar-refractivity contribution in [3.05, 3.63) is 57.3 Å². The Morgan fingerprint density at radius 2 is 1.77 bits per heavy atom. The fourth-order valence-corrected chi connectivity index (χ4v) is 3.15. The zero-order chi connectivity index (χ0) is 15.7. The van der Waals surface area contributed by atoms with Gasteiger partial charge < -0.3 is 9.47 Å². The summed E-state index contributed by atoms with van der Waals surface area (Å²) in [6, 6.07) is 7.92. The molecule has 0 unspecified atom stereocenters. The third kappa shape index (κ3) is 2.92. The van der Waals surface area contributed by atoms with Crippen LogP contribution in [0.4, 0.5) is 13.2 Å². The molecule has 0 amide bonds. The van der Waals surface area contributed by atoms with Gasteiger partial charge in [0.05, 0.1) is 28.5 Å². The second-order valence-electron chi connectivity index (χ2n) is 4.65. The Balaban J connectivity index is 1.92. The Bertz CT molecular complexity index is 687. The molecule has 2 aromatic rings. The number of carbonyl (C=O) groups is 1. The van der Waals surface area contributed by atoms with Gasteiger partial charge in [-0.2, -0.15) is 13.2 Å². The van der Waals surface area contributed by atoms with E-state index in [1.54, 1.807) is 6.07 Å². The normalized spacial score (nSPS) is 16.1. The van der Waals surface area contributed by atoms with E-state index in [0.717, 1.165) is 17.4 Å². The van der Waals surface area contributed by atoms with E-state index in [1.807, 2.05) is 0 Å².